The highest BCUT2D eigenvalue weighted by Gasteiger charge is 2.36. The van der Waals surface area contributed by atoms with Crippen LogP contribution < -0.4 is 5.73 Å². The maximum Gasteiger partial charge on any atom is 0.410 e. The van der Waals surface area contributed by atoms with E-state index >= 15 is 0 Å². The summed E-state index contributed by atoms with van der Waals surface area (Å²) in [5.74, 6) is -0.394. The van der Waals surface area contributed by atoms with Crippen molar-refractivity contribution >= 4 is 12.1 Å². The number of nitrogens with zero attached hydrogens (tertiary/aromatic N) is 1. The SMILES string of the molecule is CCOC(=O)CC1(N)COCCN(C(=O)OC(C)(C)C)C1. The maximum absolute atomic E-state index is 12.1. The molecule has 0 aromatic rings. The Balaban J connectivity index is 2.71. The summed E-state index contributed by atoms with van der Waals surface area (Å²) in [4.78, 5) is 25.3. The molecule has 1 fully saturated rings. The lowest BCUT2D eigenvalue weighted by atomic mass is 9.97. The molecule has 0 aromatic carbocycles. The van der Waals surface area contributed by atoms with Crippen LogP contribution in [0.25, 0.3) is 0 Å². The van der Waals surface area contributed by atoms with Crippen LogP contribution in [0.15, 0.2) is 0 Å². The first kappa shape index (κ1) is 17.7. The van der Waals surface area contributed by atoms with Crippen LogP contribution in [0.5, 0.6) is 0 Å². The fourth-order valence-electron chi connectivity index (χ4n) is 2.04. The Kier molecular flexibility index (Phi) is 5.98. The number of esters is 1. The van der Waals surface area contributed by atoms with Gasteiger partial charge >= 0.3 is 12.1 Å². The largest absolute Gasteiger partial charge is 0.466 e. The third-order valence-corrected chi connectivity index (χ3v) is 2.85. The molecule has 7 heteroatoms. The van der Waals surface area contributed by atoms with Crippen molar-refractivity contribution in [2.24, 2.45) is 5.73 Å². The van der Waals surface area contributed by atoms with Crippen molar-refractivity contribution in [3.8, 4) is 0 Å². The number of hydrogen-bond donors (Lipinski definition) is 1. The minimum Gasteiger partial charge on any atom is -0.466 e. The lowest BCUT2D eigenvalue weighted by molar-refractivity contribution is -0.145. The number of nitrogens with two attached hydrogens (primary N) is 1. The molecule has 0 radical (unpaired) electrons. The molecule has 0 spiro atoms. The Bertz CT molecular complexity index is 380. The van der Waals surface area contributed by atoms with Crippen LogP contribution in [-0.2, 0) is 19.0 Å². The summed E-state index contributed by atoms with van der Waals surface area (Å²) >= 11 is 0. The van der Waals surface area contributed by atoms with Crippen molar-refractivity contribution in [1.82, 2.24) is 4.90 Å². The Morgan fingerprint density at radius 3 is 2.62 bits per heavy atom. The molecule has 1 aliphatic rings. The molecule has 0 aromatic heterocycles. The van der Waals surface area contributed by atoms with Crippen molar-refractivity contribution in [2.75, 3.05) is 32.9 Å². The number of rotatable bonds is 3. The molecule has 0 aliphatic carbocycles. The Hall–Kier alpha value is -1.34. The first-order valence-corrected chi connectivity index (χ1v) is 7.15. The predicted octanol–water partition coefficient (Wildman–Crippen LogP) is 0.904. The Labute approximate surface area is 125 Å². The minimum absolute atomic E-state index is 0.000137. The molecule has 0 bridgehead atoms. The first-order chi connectivity index (χ1) is 9.65. The van der Waals surface area contributed by atoms with Crippen LogP contribution in [0.3, 0.4) is 0 Å². The van der Waals surface area contributed by atoms with Gasteiger partial charge < -0.3 is 24.8 Å². The van der Waals surface area contributed by atoms with E-state index < -0.39 is 23.2 Å². The lowest BCUT2D eigenvalue weighted by Gasteiger charge is -2.32. The van der Waals surface area contributed by atoms with E-state index in [1.807, 2.05) is 0 Å². The third kappa shape index (κ3) is 6.31. The predicted molar refractivity (Wildman–Crippen MR) is 76.8 cm³/mol. The zero-order valence-corrected chi connectivity index (χ0v) is 13.3. The third-order valence-electron chi connectivity index (χ3n) is 2.85. The van der Waals surface area contributed by atoms with Gasteiger partial charge in [-0.25, -0.2) is 4.79 Å². The smallest absolute Gasteiger partial charge is 0.410 e. The highest BCUT2D eigenvalue weighted by Crippen LogP contribution is 2.17. The lowest BCUT2D eigenvalue weighted by Crippen LogP contribution is -2.55. The van der Waals surface area contributed by atoms with Crippen molar-refractivity contribution < 1.29 is 23.8 Å². The van der Waals surface area contributed by atoms with E-state index in [1.54, 1.807) is 27.7 Å². The molecular formula is C14H26N2O5. The molecule has 1 atom stereocenters. The molecular weight excluding hydrogens is 276 g/mol. The normalized spacial score (nSPS) is 23.4. The zero-order valence-electron chi connectivity index (χ0n) is 13.3. The second kappa shape index (κ2) is 7.09. The Morgan fingerprint density at radius 2 is 2.05 bits per heavy atom. The van der Waals surface area contributed by atoms with Crippen molar-refractivity contribution in [3.63, 3.8) is 0 Å². The van der Waals surface area contributed by atoms with Gasteiger partial charge in [0.1, 0.15) is 5.60 Å². The monoisotopic (exact) mass is 302 g/mol. The van der Waals surface area contributed by atoms with E-state index in [1.165, 1.54) is 4.90 Å². The number of hydrogen-bond acceptors (Lipinski definition) is 6. The van der Waals surface area contributed by atoms with E-state index in [9.17, 15) is 9.59 Å². The fourth-order valence-corrected chi connectivity index (χ4v) is 2.04. The van der Waals surface area contributed by atoms with E-state index in [-0.39, 0.29) is 19.6 Å². The number of ether oxygens (including phenoxy) is 3. The summed E-state index contributed by atoms with van der Waals surface area (Å²) in [6.45, 7) is 8.57. The van der Waals surface area contributed by atoms with Gasteiger partial charge in [-0.05, 0) is 27.7 Å². The molecule has 1 amide bonds. The first-order valence-electron chi connectivity index (χ1n) is 7.15. The molecule has 7 nitrogen and oxygen atoms in total. The van der Waals surface area contributed by atoms with Gasteiger partial charge in [0.2, 0.25) is 0 Å². The van der Waals surface area contributed by atoms with E-state index in [0.717, 1.165) is 0 Å². The van der Waals surface area contributed by atoms with Gasteiger partial charge in [0, 0.05) is 13.1 Å². The minimum atomic E-state index is -0.959. The summed E-state index contributed by atoms with van der Waals surface area (Å²) < 4.78 is 15.7. The van der Waals surface area contributed by atoms with Crippen LogP contribution in [0.4, 0.5) is 4.79 Å². The average Bonchev–Trinajstić information content (AvgIpc) is 2.49. The number of carbonyl (C=O) groups is 2. The summed E-state index contributed by atoms with van der Waals surface area (Å²) in [5.41, 5.74) is 4.67. The molecule has 0 saturated carbocycles. The molecule has 2 N–H and O–H groups in total. The molecule has 1 heterocycles. The highest BCUT2D eigenvalue weighted by molar-refractivity contribution is 5.72. The van der Waals surface area contributed by atoms with E-state index in [4.69, 9.17) is 19.9 Å². The number of amides is 1. The summed E-state index contributed by atoms with van der Waals surface area (Å²) in [7, 11) is 0. The van der Waals surface area contributed by atoms with Gasteiger partial charge in [-0.1, -0.05) is 0 Å². The van der Waals surface area contributed by atoms with E-state index in [2.05, 4.69) is 0 Å². The standard InChI is InChI=1S/C14H26N2O5/c1-5-20-11(17)8-14(15)9-16(6-7-19-10-14)12(18)21-13(2,3)4/h5-10,15H2,1-4H3. The molecule has 1 aliphatic heterocycles. The molecule has 1 unspecified atom stereocenters. The van der Waals surface area contributed by atoms with Crippen LogP contribution in [0.1, 0.15) is 34.1 Å². The van der Waals surface area contributed by atoms with Gasteiger partial charge in [0.15, 0.2) is 0 Å². The fraction of sp³-hybridized carbons (Fsp3) is 0.857. The highest BCUT2D eigenvalue weighted by atomic mass is 16.6. The van der Waals surface area contributed by atoms with Crippen LogP contribution in [-0.4, -0.2) is 61.0 Å². The summed E-state index contributed by atoms with van der Waals surface area (Å²) in [6, 6.07) is 0. The molecule has 1 rings (SSSR count). The van der Waals surface area contributed by atoms with Crippen LogP contribution >= 0.6 is 0 Å². The quantitative estimate of drug-likeness (QED) is 0.779. The van der Waals surface area contributed by atoms with Gasteiger partial charge in [0.25, 0.3) is 0 Å². The van der Waals surface area contributed by atoms with E-state index in [0.29, 0.717) is 19.8 Å². The summed E-state index contributed by atoms with van der Waals surface area (Å²) in [5, 5.41) is 0. The average molecular weight is 302 g/mol. The Morgan fingerprint density at radius 1 is 1.38 bits per heavy atom. The summed E-state index contributed by atoms with van der Waals surface area (Å²) in [6.07, 6.45) is -0.452. The van der Waals surface area contributed by atoms with Crippen molar-refractivity contribution in [1.29, 1.82) is 0 Å². The molecule has 1 saturated heterocycles. The van der Waals surface area contributed by atoms with Gasteiger partial charge in [-0.15, -0.1) is 0 Å². The van der Waals surface area contributed by atoms with Gasteiger partial charge in [-0.3, -0.25) is 4.79 Å². The van der Waals surface area contributed by atoms with Crippen molar-refractivity contribution in [3.05, 3.63) is 0 Å². The van der Waals surface area contributed by atoms with Crippen LogP contribution in [0.2, 0.25) is 0 Å². The topological polar surface area (TPSA) is 91.1 Å². The molecule has 122 valence electrons. The van der Waals surface area contributed by atoms with Crippen molar-refractivity contribution in [2.45, 2.75) is 45.3 Å². The second-order valence-electron chi connectivity index (χ2n) is 6.30. The molecule has 21 heavy (non-hydrogen) atoms. The number of carbonyl (C=O) groups excluding carboxylic acids is 2. The zero-order chi connectivity index (χ0) is 16.1. The second-order valence-corrected chi connectivity index (χ2v) is 6.30. The van der Waals surface area contributed by atoms with Crippen LogP contribution in [0, 0.1) is 0 Å². The van der Waals surface area contributed by atoms with Gasteiger partial charge in [-0.2, -0.15) is 0 Å². The maximum atomic E-state index is 12.1. The van der Waals surface area contributed by atoms with Gasteiger partial charge in [0.05, 0.1) is 31.8 Å².